The van der Waals surface area contributed by atoms with Crippen molar-refractivity contribution in [2.75, 3.05) is 24.3 Å². The van der Waals surface area contributed by atoms with Crippen LogP contribution >= 0.6 is 11.3 Å². The maximum Gasteiger partial charge on any atom is 0.261 e. The fourth-order valence-corrected chi connectivity index (χ4v) is 4.93. The van der Waals surface area contributed by atoms with Gasteiger partial charge in [0.05, 0.1) is 29.3 Å². The van der Waals surface area contributed by atoms with Gasteiger partial charge in [-0.2, -0.15) is 0 Å². The first kappa shape index (κ1) is 22.5. The Bertz CT molecular complexity index is 1380. The molecule has 3 aromatic carbocycles. The molecule has 4 rings (SSSR count). The number of carbonyl (C=O) groups is 1. The normalized spacial score (nSPS) is 11.2. The third-order valence-electron chi connectivity index (χ3n) is 4.64. The predicted octanol–water partition coefficient (Wildman–Crippen LogP) is 4.51. The summed E-state index contributed by atoms with van der Waals surface area (Å²) < 4.78 is 51.6. The van der Waals surface area contributed by atoms with Gasteiger partial charge in [0.2, 0.25) is 0 Å². The molecule has 0 atom stereocenters. The zero-order valence-corrected chi connectivity index (χ0v) is 19.1. The summed E-state index contributed by atoms with van der Waals surface area (Å²) in [5.41, 5.74) is 1.22. The van der Waals surface area contributed by atoms with Crippen molar-refractivity contribution in [2.24, 2.45) is 0 Å². The second-order valence-electron chi connectivity index (χ2n) is 6.78. The zero-order valence-electron chi connectivity index (χ0n) is 17.5. The van der Waals surface area contributed by atoms with Gasteiger partial charge in [0.15, 0.2) is 16.6 Å². The molecule has 0 saturated carbocycles. The van der Waals surface area contributed by atoms with Crippen LogP contribution < -0.4 is 19.5 Å². The molecule has 11 heteroatoms. The van der Waals surface area contributed by atoms with Crippen molar-refractivity contribution in [3.63, 3.8) is 0 Å². The van der Waals surface area contributed by atoms with E-state index in [1.54, 1.807) is 12.1 Å². The van der Waals surface area contributed by atoms with Crippen LogP contribution in [0.3, 0.4) is 0 Å². The smallest absolute Gasteiger partial charge is 0.261 e. The minimum absolute atomic E-state index is 0.0742. The Labute approximate surface area is 193 Å². The Morgan fingerprint density at radius 1 is 0.970 bits per heavy atom. The highest BCUT2D eigenvalue weighted by molar-refractivity contribution is 7.92. The van der Waals surface area contributed by atoms with Gasteiger partial charge < -0.3 is 9.47 Å². The van der Waals surface area contributed by atoms with Crippen molar-refractivity contribution in [3.8, 4) is 11.5 Å². The number of fused-ring (bicyclic) bond motifs is 1. The summed E-state index contributed by atoms with van der Waals surface area (Å²) in [4.78, 5) is 16.9. The van der Waals surface area contributed by atoms with Gasteiger partial charge in [-0.1, -0.05) is 11.3 Å². The van der Waals surface area contributed by atoms with E-state index in [9.17, 15) is 17.6 Å². The number of nitrogens with one attached hydrogen (secondary N) is 2. The predicted molar refractivity (Wildman–Crippen MR) is 124 cm³/mol. The molecular formula is C22H18FN3O5S2. The molecule has 0 aliphatic heterocycles. The van der Waals surface area contributed by atoms with Crippen molar-refractivity contribution >= 4 is 48.3 Å². The largest absolute Gasteiger partial charge is 0.493 e. The summed E-state index contributed by atoms with van der Waals surface area (Å²) in [6, 6.07) is 13.9. The molecule has 0 bridgehead atoms. The quantitative estimate of drug-likeness (QED) is 0.397. The van der Waals surface area contributed by atoms with Crippen molar-refractivity contribution in [1.29, 1.82) is 0 Å². The van der Waals surface area contributed by atoms with Crippen LogP contribution in [-0.4, -0.2) is 33.5 Å². The van der Waals surface area contributed by atoms with Crippen molar-refractivity contribution in [2.45, 2.75) is 4.90 Å². The lowest BCUT2D eigenvalue weighted by Crippen LogP contribution is -2.14. The number of benzene rings is 3. The van der Waals surface area contributed by atoms with Crippen LogP contribution in [0.1, 0.15) is 10.4 Å². The van der Waals surface area contributed by atoms with Gasteiger partial charge in [0.1, 0.15) is 5.82 Å². The van der Waals surface area contributed by atoms with E-state index in [-0.39, 0.29) is 10.6 Å². The Hall–Kier alpha value is -3.70. The molecule has 1 heterocycles. The van der Waals surface area contributed by atoms with E-state index >= 15 is 0 Å². The van der Waals surface area contributed by atoms with Crippen molar-refractivity contribution in [3.05, 3.63) is 72.0 Å². The summed E-state index contributed by atoms with van der Waals surface area (Å²) >= 11 is 1.28. The maximum atomic E-state index is 13.0. The van der Waals surface area contributed by atoms with Crippen LogP contribution in [-0.2, 0) is 10.0 Å². The van der Waals surface area contributed by atoms with E-state index in [0.717, 1.165) is 16.8 Å². The second-order valence-corrected chi connectivity index (χ2v) is 9.50. The number of halogens is 1. The number of rotatable bonds is 7. The number of ether oxygens (including phenoxy) is 2. The van der Waals surface area contributed by atoms with E-state index in [2.05, 4.69) is 15.0 Å². The highest BCUT2D eigenvalue weighted by Crippen LogP contribution is 2.36. The minimum Gasteiger partial charge on any atom is -0.493 e. The number of sulfonamides is 1. The maximum absolute atomic E-state index is 13.0. The molecular weight excluding hydrogens is 469 g/mol. The van der Waals surface area contributed by atoms with Crippen LogP contribution in [0.2, 0.25) is 0 Å². The molecule has 0 aliphatic rings. The number of thiazole rings is 1. The van der Waals surface area contributed by atoms with Gasteiger partial charge in [0, 0.05) is 23.4 Å². The lowest BCUT2D eigenvalue weighted by atomic mass is 10.2. The summed E-state index contributed by atoms with van der Waals surface area (Å²) in [6.07, 6.45) is 0. The number of hydrogen-bond acceptors (Lipinski definition) is 7. The van der Waals surface area contributed by atoms with Crippen LogP contribution in [0, 0.1) is 5.82 Å². The number of carbonyl (C=O) groups excluding carboxylic acids is 1. The van der Waals surface area contributed by atoms with Gasteiger partial charge in [0.25, 0.3) is 15.9 Å². The lowest BCUT2D eigenvalue weighted by Gasteiger charge is -2.09. The molecule has 0 radical (unpaired) electrons. The molecule has 0 fully saturated rings. The van der Waals surface area contributed by atoms with E-state index < -0.39 is 21.7 Å². The number of amides is 1. The lowest BCUT2D eigenvalue weighted by molar-refractivity contribution is 0.102. The van der Waals surface area contributed by atoms with Gasteiger partial charge in [-0.15, -0.1) is 0 Å². The fourth-order valence-electron chi connectivity index (χ4n) is 3.00. The summed E-state index contributed by atoms with van der Waals surface area (Å²) in [5, 5.41) is 3.13. The van der Waals surface area contributed by atoms with Crippen LogP contribution in [0.4, 0.5) is 15.2 Å². The molecule has 4 aromatic rings. The summed E-state index contributed by atoms with van der Waals surface area (Å²) in [7, 11) is -0.816. The first-order valence-electron chi connectivity index (χ1n) is 9.51. The van der Waals surface area contributed by atoms with Gasteiger partial charge in [-0.05, 0) is 48.5 Å². The first-order chi connectivity index (χ1) is 15.8. The van der Waals surface area contributed by atoms with Gasteiger partial charge >= 0.3 is 0 Å². The molecule has 1 amide bonds. The molecule has 8 nitrogen and oxygen atoms in total. The van der Waals surface area contributed by atoms with E-state index in [0.29, 0.717) is 27.7 Å². The number of aromatic nitrogens is 1. The zero-order chi connectivity index (χ0) is 23.6. The average molecular weight is 488 g/mol. The minimum atomic E-state index is -3.88. The number of anilines is 2. The molecule has 0 spiro atoms. The Kier molecular flexibility index (Phi) is 6.16. The Morgan fingerprint density at radius 2 is 1.61 bits per heavy atom. The van der Waals surface area contributed by atoms with Gasteiger partial charge in [-0.3, -0.25) is 14.8 Å². The van der Waals surface area contributed by atoms with Crippen LogP contribution in [0.15, 0.2) is 65.6 Å². The average Bonchev–Trinajstić information content (AvgIpc) is 3.19. The first-order valence-corrected chi connectivity index (χ1v) is 11.8. The van der Waals surface area contributed by atoms with Crippen LogP contribution in [0.25, 0.3) is 10.2 Å². The van der Waals surface area contributed by atoms with Gasteiger partial charge in [-0.25, -0.2) is 17.8 Å². The topological polar surface area (TPSA) is 107 Å². The molecule has 0 unspecified atom stereocenters. The molecule has 0 aliphatic carbocycles. The van der Waals surface area contributed by atoms with Crippen LogP contribution in [0.5, 0.6) is 11.5 Å². The number of methoxy groups -OCH3 is 2. The summed E-state index contributed by atoms with van der Waals surface area (Å²) in [6.45, 7) is 0. The fraction of sp³-hybridized carbons (Fsp3) is 0.0909. The molecule has 33 heavy (non-hydrogen) atoms. The third kappa shape index (κ3) is 4.89. The number of nitrogens with zero attached hydrogens (tertiary/aromatic N) is 1. The third-order valence-corrected chi connectivity index (χ3v) is 6.97. The second kappa shape index (κ2) is 9.04. The molecule has 1 aromatic heterocycles. The van der Waals surface area contributed by atoms with E-state index in [1.165, 1.54) is 62.0 Å². The Balaban J connectivity index is 1.48. The molecule has 0 saturated heterocycles. The van der Waals surface area contributed by atoms with E-state index in [1.807, 2.05) is 0 Å². The molecule has 170 valence electrons. The monoisotopic (exact) mass is 487 g/mol. The SMILES string of the molecule is COc1cc2nc(NC(=O)c3ccc(NS(=O)(=O)c4ccc(F)cc4)cc3)sc2cc1OC. The standard InChI is InChI=1S/C22H18FN3O5S2/c1-30-18-11-17-20(12-19(18)31-2)32-22(24-17)25-21(27)13-3-7-15(8-4-13)26-33(28,29)16-9-5-14(23)6-10-16/h3-12,26H,1-2H3,(H,24,25,27). The number of hydrogen-bond donors (Lipinski definition) is 2. The summed E-state index contributed by atoms with van der Waals surface area (Å²) in [5.74, 6) is 0.161. The van der Waals surface area contributed by atoms with E-state index in [4.69, 9.17) is 9.47 Å². The molecule has 2 N–H and O–H groups in total. The highest BCUT2D eigenvalue weighted by atomic mass is 32.2. The van der Waals surface area contributed by atoms with Crippen molar-refractivity contribution < 1.29 is 27.1 Å². The Morgan fingerprint density at radius 3 is 2.24 bits per heavy atom. The highest BCUT2D eigenvalue weighted by Gasteiger charge is 2.16. The van der Waals surface area contributed by atoms with Crippen molar-refractivity contribution in [1.82, 2.24) is 4.98 Å².